The molecule has 1 fully saturated rings. The van der Waals surface area contributed by atoms with Gasteiger partial charge in [-0.15, -0.1) is 0 Å². The van der Waals surface area contributed by atoms with Crippen molar-refractivity contribution in [1.29, 1.82) is 0 Å². The molecule has 192 valence electrons. The third kappa shape index (κ3) is 4.57. The second-order valence-corrected chi connectivity index (χ2v) is 10.1. The minimum absolute atomic E-state index is 0.130. The van der Waals surface area contributed by atoms with Crippen LogP contribution >= 0.6 is 15.9 Å². The van der Waals surface area contributed by atoms with E-state index in [9.17, 15) is 14.0 Å². The fraction of sp³-hybridized carbons (Fsp3) is 0.179. The largest absolute Gasteiger partial charge is 0.339 e. The SMILES string of the molecule is CC1O[C@H](c2nn(-c3ccc(Br)cc3)cc2-c2ccc(F)cc2)N(CCc2ccc3[nH]c(=O)[nH]c3c2)C1=O. The maximum atomic E-state index is 13.7. The van der Waals surface area contributed by atoms with Crippen LogP contribution in [0.1, 0.15) is 24.4 Å². The van der Waals surface area contributed by atoms with Crippen molar-refractivity contribution in [3.05, 3.63) is 105 Å². The Morgan fingerprint density at radius 3 is 2.50 bits per heavy atom. The summed E-state index contributed by atoms with van der Waals surface area (Å²) >= 11 is 3.46. The highest BCUT2D eigenvalue weighted by Gasteiger charge is 2.41. The van der Waals surface area contributed by atoms with Crippen LogP contribution in [0.3, 0.4) is 0 Å². The van der Waals surface area contributed by atoms with E-state index in [1.54, 1.807) is 28.6 Å². The van der Waals surface area contributed by atoms with Gasteiger partial charge in [-0.05, 0) is 73.0 Å². The second-order valence-electron chi connectivity index (χ2n) is 9.23. The maximum absolute atomic E-state index is 13.7. The molecule has 0 spiro atoms. The number of aromatic nitrogens is 4. The number of hydrogen-bond acceptors (Lipinski definition) is 4. The number of imidazole rings is 1. The molecule has 10 heteroatoms. The van der Waals surface area contributed by atoms with Crippen LogP contribution in [0, 0.1) is 5.82 Å². The quantitative estimate of drug-likeness (QED) is 0.294. The zero-order valence-corrected chi connectivity index (χ0v) is 21.9. The molecule has 1 saturated heterocycles. The number of hydrogen-bond donors (Lipinski definition) is 2. The molecule has 2 N–H and O–H groups in total. The van der Waals surface area contributed by atoms with Gasteiger partial charge in [0.15, 0.2) is 6.23 Å². The molecule has 1 aliphatic rings. The number of fused-ring (bicyclic) bond motifs is 1. The molecule has 0 bridgehead atoms. The zero-order chi connectivity index (χ0) is 26.4. The van der Waals surface area contributed by atoms with Crippen LogP contribution in [0.25, 0.3) is 27.8 Å². The monoisotopic (exact) mass is 575 g/mol. The number of halogens is 2. The molecule has 8 nitrogen and oxygen atoms in total. The van der Waals surface area contributed by atoms with Gasteiger partial charge in [0.1, 0.15) is 17.6 Å². The zero-order valence-electron chi connectivity index (χ0n) is 20.3. The lowest BCUT2D eigenvalue weighted by Crippen LogP contribution is -2.32. The van der Waals surface area contributed by atoms with Gasteiger partial charge in [-0.3, -0.25) is 4.79 Å². The van der Waals surface area contributed by atoms with Crippen LogP contribution in [0.15, 0.2) is 82.2 Å². The number of carbonyl (C=O) groups excluding carboxylic acids is 1. The fourth-order valence-corrected chi connectivity index (χ4v) is 5.01. The molecule has 38 heavy (non-hydrogen) atoms. The molecule has 0 radical (unpaired) electrons. The van der Waals surface area contributed by atoms with E-state index in [-0.39, 0.29) is 17.4 Å². The first-order valence-corrected chi connectivity index (χ1v) is 12.9. The van der Waals surface area contributed by atoms with Crippen molar-refractivity contribution in [2.75, 3.05) is 6.54 Å². The molecule has 1 aliphatic heterocycles. The summed E-state index contributed by atoms with van der Waals surface area (Å²) in [6.45, 7) is 2.12. The van der Waals surface area contributed by atoms with E-state index >= 15 is 0 Å². The molecule has 3 aromatic carbocycles. The van der Waals surface area contributed by atoms with Crippen molar-refractivity contribution in [2.24, 2.45) is 0 Å². The predicted octanol–water partition coefficient (Wildman–Crippen LogP) is 5.10. The van der Waals surface area contributed by atoms with Gasteiger partial charge in [0.2, 0.25) is 0 Å². The Morgan fingerprint density at radius 2 is 1.74 bits per heavy atom. The number of nitrogens with zero attached hydrogens (tertiary/aromatic N) is 3. The Bertz CT molecular complexity index is 1690. The number of rotatable bonds is 6. The lowest BCUT2D eigenvalue weighted by molar-refractivity contribution is -0.130. The molecule has 0 aliphatic carbocycles. The second kappa shape index (κ2) is 9.70. The highest BCUT2D eigenvalue weighted by atomic mass is 79.9. The minimum Gasteiger partial charge on any atom is -0.339 e. The molecule has 0 saturated carbocycles. The topological polar surface area (TPSA) is 96.0 Å². The molecule has 1 unspecified atom stereocenters. The molecule has 6 rings (SSSR count). The summed E-state index contributed by atoms with van der Waals surface area (Å²) in [5.41, 5.74) is 5.07. The molecular weight excluding hydrogens is 553 g/mol. The first-order chi connectivity index (χ1) is 18.4. The van der Waals surface area contributed by atoms with E-state index in [1.165, 1.54) is 12.1 Å². The van der Waals surface area contributed by atoms with Crippen molar-refractivity contribution >= 4 is 32.9 Å². The summed E-state index contributed by atoms with van der Waals surface area (Å²) < 4.78 is 22.6. The van der Waals surface area contributed by atoms with E-state index in [2.05, 4.69) is 25.9 Å². The van der Waals surface area contributed by atoms with Crippen LogP contribution in [0.5, 0.6) is 0 Å². The van der Waals surface area contributed by atoms with Crippen LogP contribution < -0.4 is 5.69 Å². The number of ether oxygens (including phenoxy) is 1. The number of H-pyrrole nitrogens is 2. The average Bonchev–Trinajstić information content (AvgIpc) is 3.58. The summed E-state index contributed by atoms with van der Waals surface area (Å²) in [5, 5.41) is 4.85. The van der Waals surface area contributed by atoms with Gasteiger partial charge in [-0.1, -0.05) is 34.1 Å². The number of nitrogens with one attached hydrogen (secondary N) is 2. The van der Waals surface area contributed by atoms with E-state index in [0.717, 1.165) is 32.4 Å². The van der Waals surface area contributed by atoms with E-state index < -0.39 is 12.3 Å². The van der Waals surface area contributed by atoms with Crippen LogP contribution in [0.2, 0.25) is 0 Å². The van der Waals surface area contributed by atoms with Crippen molar-refractivity contribution < 1.29 is 13.9 Å². The fourth-order valence-electron chi connectivity index (χ4n) is 4.75. The Balaban J connectivity index is 1.36. The van der Waals surface area contributed by atoms with Gasteiger partial charge in [0.25, 0.3) is 5.91 Å². The molecule has 1 amide bonds. The van der Waals surface area contributed by atoms with Crippen molar-refractivity contribution in [3.8, 4) is 16.8 Å². The molecule has 2 atom stereocenters. The van der Waals surface area contributed by atoms with Crippen molar-refractivity contribution in [2.45, 2.75) is 25.7 Å². The minimum atomic E-state index is -0.718. The highest BCUT2D eigenvalue weighted by Crippen LogP contribution is 2.37. The van der Waals surface area contributed by atoms with E-state index in [4.69, 9.17) is 9.84 Å². The third-order valence-electron chi connectivity index (χ3n) is 6.69. The first-order valence-electron chi connectivity index (χ1n) is 12.1. The van der Waals surface area contributed by atoms with Crippen LogP contribution in [-0.2, 0) is 16.0 Å². The summed E-state index contributed by atoms with van der Waals surface area (Å²) in [6, 6.07) is 19.6. The Labute approximate surface area is 225 Å². The van der Waals surface area contributed by atoms with Gasteiger partial charge in [0, 0.05) is 22.8 Å². The summed E-state index contributed by atoms with van der Waals surface area (Å²) in [5.74, 6) is -0.465. The van der Waals surface area contributed by atoms with Gasteiger partial charge in [-0.2, -0.15) is 5.10 Å². The lowest BCUT2D eigenvalue weighted by atomic mass is 10.1. The summed E-state index contributed by atoms with van der Waals surface area (Å²) in [6.07, 6.45) is 1.07. The molecule has 5 aromatic rings. The van der Waals surface area contributed by atoms with Crippen molar-refractivity contribution in [1.82, 2.24) is 24.6 Å². The smallest absolute Gasteiger partial charge is 0.323 e. The number of amides is 1. The summed E-state index contributed by atoms with van der Waals surface area (Å²) in [7, 11) is 0. The van der Waals surface area contributed by atoms with Crippen molar-refractivity contribution in [3.63, 3.8) is 0 Å². The van der Waals surface area contributed by atoms with E-state index in [1.807, 2.05) is 48.7 Å². The van der Waals surface area contributed by atoms with Crippen LogP contribution in [-0.4, -0.2) is 43.2 Å². The van der Waals surface area contributed by atoms with Gasteiger partial charge in [0.05, 0.1) is 16.7 Å². The standard InChI is InChI=1S/C28H23BrFN5O3/c1-16-26(36)34(13-12-17-2-11-23-24(14-17)32-28(37)31-23)27(38-16)25-22(18-3-7-20(30)8-4-18)15-35(33-25)21-9-5-19(29)6-10-21/h2-11,14-16,27H,12-13H2,1H3,(H2,31,32,37)/t16?,27-/m1/s1. The number of aromatic amines is 2. The number of carbonyl (C=O) groups is 1. The lowest BCUT2D eigenvalue weighted by Gasteiger charge is -2.23. The first kappa shape index (κ1) is 24.3. The van der Waals surface area contributed by atoms with E-state index in [0.29, 0.717) is 24.2 Å². The molecule has 2 aromatic heterocycles. The van der Waals surface area contributed by atoms with Crippen LogP contribution in [0.4, 0.5) is 4.39 Å². The maximum Gasteiger partial charge on any atom is 0.323 e. The molecular formula is C28H23BrFN5O3. The average molecular weight is 576 g/mol. The predicted molar refractivity (Wildman–Crippen MR) is 144 cm³/mol. The normalized spacial score (nSPS) is 17.6. The van der Waals surface area contributed by atoms with Gasteiger partial charge in [-0.25, -0.2) is 13.9 Å². The van der Waals surface area contributed by atoms with Gasteiger partial charge < -0.3 is 19.6 Å². The Hall–Kier alpha value is -4.02. The Morgan fingerprint density at radius 1 is 1.00 bits per heavy atom. The molecule has 3 heterocycles. The third-order valence-corrected chi connectivity index (χ3v) is 7.22. The Kier molecular flexibility index (Phi) is 6.21. The van der Waals surface area contributed by atoms with Gasteiger partial charge >= 0.3 is 5.69 Å². The summed E-state index contributed by atoms with van der Waals surface area (Å²) in [4.78, 5) is 32.0. The number of benzene rings is 3. The highest BCUT2D eigenvalue weighted by molar-refractivity contribution is 9.10.